The van der Waals surface area contributed by atoms with E-state index in [4.69, 9.17) is 0 Å². The summed E-state index contributed by atoms with van der Waals surface area (Å²) in [6, 6.07) is 0. The van der Waals surface area contributed by atoms with Gasteiger partial charge in [0.25, 0.3) is 0 Å². The van der Waals surface area contributed by atoms with Crippen LogP contribution in [0.5, 0.6) is 0 Å². The van der Waals surface area contributed by atoms with Gasteiger partial charge in [0.1, 0.15) is 12.3 Å². The summed E-state index contributed by atoms with van der Waals surface area (Å²) in [5.74, 6) is 0. The summed E-state index contributed by atoms with van der Waals surface area (Å²) in [5, 5.41) is 11.3. The van der Waals surface area contributed by atoms with Gasteiger partial charge in [-0.2, -0.15) is 0 Å². The van der Waals surface area contributed by atoms with Gasteiger partial charge in [0, 0.05) is 0 Å². The second-order valence-corrected chi connectivity index (χ2v) is 4.46. The van der Waals surface area contributed by atoms with E-state index in [1.54, 1.807) is 0 Å². The lowest BCUT2D eigenvalue weighted by Gasteiger charge is -2.14. The molecule has 83 valence electrons. The lowest BCUT2D eigenvalue weighted by atomic mass is 9.98. The molecule has 1 nitrogen and oxygen atoms in total. The van der Waals surface area contributed by atoms with Crippen LogP contribution in [-0.2, 0) is 5.11 Å². The van der Waals surface area contributed by atoms with Crippen LogP contribution in [0.25, 0.3) is 0 Å². The van der Waals surface area contributed by atoms with Crippen LogP contribution in [0.3, 0.4) is 0 Å². The van der Waals surface area contributed by atoms with Crippen molar-refractivity contribution in [3.63, 3.8) is 0 Å². The van der Waals surface area contributed by atoms with E-state index in [2.05, 4.69) is 0 Å². The first-order valence-corrected chi connectivity index (χ1v) is 6.10. The third kappa shape index (κ3) is 4.94. The number of rotatable bonds is 0. The van der Waals surface area contributed by atoms with Crippen molar-refractivity contribution in [3.05, 3.63) is 0 Å². The van der Waals surface area contributed by atoms with Crippen molar-refractivity contribution in [2.75, 3.05) is 0 Å². The Morgan fingerprint density at radius 1 is 0.714 bits per heavy atom. The van der Waals surface area contributed by atoms with E-state index in [1.165, 1.54) is 25.7 Å². The molecule has 0 amide bonds. The number of hydrogen-bond donors (Lipinski definition) is 0. The van der Waals surface area contributed by atoms with E-state index < -0.39 is 12.3 Å². The Morgan fingerprint density at radius 3 is 1.71 bits per heavy atom. The zero-order valence-electron chi connectivity index (χ0n) is 9.01. The molecule has 0 N–H and O–H groups in total. The molecule has 0 aromatic rings. The van der Waals surface area contributed by atoms with Crippen molar-refractivity contribution in [3.8, 4) is 0 Å². The molecule has 1 rings (SSSR count). The summed E-state index contributed by atoms with van der Waals surface area (Å²) in [5.41, 5.74) is 0. The molecule has 2 unspecified atom stereocenters. The third-order valence-electron chi connectivity index (χ3n) is 3.12. The molecule has 0 aromatic heterocycles. The highest BCUT2D eigenvalue weighted by Gasteiger charge is 2.19. The standard InChI is InChI=1S/C12H22FO/c13-11-9-7-5-3-1-2-4-6-8-10-12(11)14/h11-12H,1-10H2. The number of alkyl halides is 1. The van der Waals surface area contributed by atoms with Crippen molar-refractivity contribution < 1.29 is 9.50 Å². The van der Waals surface area contributed by atoms with E-state index in [-0.39, 0.29) is 0 Å². The summed E-state index contributed by atoms with van der Waals surface area (Å²) in [6.07, 6.45) is 8.08. The normalized spacial score (nSPS) is 33.0. The van der Waals surface area contributed by atoms with Gasteiger partial charge in [-0.15, -0.1) is 0 Å². The number of hydrogen-bond acceptors (Lipinski definition) is 0. The highest BCUT2D eigenvalue weighted by molar-refractivity contribution is 4.68. The molecule has 1 radical (unpaired) electrons. The molecule has 2 atom stereocenters. The predicted octanol–water partition coefficient (Wildman–Crippen LogP) is 4.04. The molecule has 1 aliphatic rings. The van der Waals surface area contributed by atoms with Crippen LogP contribution in [0, 0.1) is 0 Å². The fourth-order valence-corrected chi connectivity index (χ4v) is 2.11. The molecule has 0 spiro atoms. The summed E-state index contributed by atoms with van der Waals surface area (Å²) in [7, 11) is 0. The van der Waals surface area contributed by atoms with Crippen LogP contribution in [0.1, 0.15) is 64.2 Å². The van der Waals surface area contributed by atoms with Crippen molar-refractivity contribution in [1.82, 2.24) is 0 Å². The molecule has 14 heavy (non-hydrogen) atoms. The molecule has 0 heterocycles. The zero-order chi connectivity index (χ0) is 10.2. The summed E-state index contributed by atoms with van der Waals surface area (Å²) in [4.78, 5) is 0. The van der Waals surface area contributed by atoms with Crippen molar-refractivity contribution in [2.45, 2.75) is 76.5 Å². The fraction of sp³-hybridized carbons (Fsp3) is 1.00. The average molecular weight is 201 g/mol. The molecule has 1 fully saturated rings. The largest absolute Gasteiger partial charge is 0.244 e. The second kappa shape index (κ2) is 7.22. The highest BCUT2D eigenvalue weighted by atomic mass is 19.1. The van der Waals surface area contributed by atoms with E-state index in [1.807, 2.05) is 0 Å². The van der Waals surface area contributed by atoms with Crippen LogP contribution in [-0.4, -0.2) is 12.3 Å². The quantitative estimate of drug-likeness (QED) is 0.563. The summed E-state index contributed by atoms with van der Waals surface area (Å²) >= 11 is 0. The molecular formula is C12H22FO. The van der Waals surface area contributed by atoms with Crippen molar-refractivity contribution in [1.29, 1.82) is 0 Å². The van der Waals surface area contributed by atoms with Gasteiger partial charge in [-0.05, 0) is 12.8 Å². The molecule has 0 aliphatic heterocycles. The summed E-state index contributed by atoms with van der Waals surface area (Å²) < 4.78 is 13.3. The highest BCUT2D eigenvalue weighted by Crippen LogP contribution is 2.19. The van der Waals surface area contributed by atoms with Gasteiger partial charge in [0.2, 0.25) is 0 Å². The molecular weight excluding hydrogens is 179 g/mol. The van der Waals surface area contributed by atoms with Crippen molar-refractivity contribution >= 4 is 0 Å². The Balaban J connectivity index is 2.23. The maximum absolute atomic E-state index is 13.3. The Kier molecular flexibility index (Phi) is 6.17. The van der Waals surface area contributed by atoms with Gasteiger partial charge >= 0.3 is 0 Å². The van der Waals surface area contributed by atoms with Gasteiger partial charge in [-0.1, -0.05) is 51.4 Å². The Bertz CT molecular complexity index is 122. The minimum atomic E-state index is -1.09. The van der Waals surface area contributed by atoms with Gasteiger partial charge in [-0.25, -0.2) is 9.50 Å². The van der Waals surface area contributed by atoms with Crippen LogP contribution < -0.4 is 0 Å². The zero-order valence-corrected chi connectivity index (χ0v) is 9.01. The molecule has 0 aromatic carbocycles. The van der Waals surface area contributed by atoms with Gasteiger partial charge in [0.15, 0.2) is 0 Å². The van der Waals surface area contributed by atoms with E-state index in [0.717, 1.165) is 25.7 Å². The molecule has 1 saturated carbocycles. The third-order valence-corrected chi connectivity index (χ3v) is 3.12. The fourth-order valence-electron chi connectivity index (χ4n) is 2.11. The average Bonchev–Trinajstić information content (AvgIpc) is 2.18. The van der Waals surface area contributed by atoms with E-state index >= 15 is 0 Å². The Labute approximate surface area is 86.7 Å². The van der Waals surface area contributed by atoms with Crippen LogP contribution in [0.15, 0.2) is 0 Å². The molecule has 0 saturated heterocycles. The topological polar surface area (TPSA) is 19.9 Å². The van der Waals surface area contributed by atoms with Crippen LogP contribution in [0.4, 0.5) is 4.39 Å². The van der Waals surface area contributed by atoms with Gasteiger partial charge in [-0.3, -0.25) is 0 Å². The maximum atomic E-state index is 13.3. The first kappa shape index (κ1) is 12.0. The monoisotopic (exact) mass is 201 g/mol. The van der Waals surface area contributed by atoms with Crippen molar-refractivity contribution in [2.24, 2.45) is 0 Å². The summed E-state index contributed by atoms with van der Waals surface area (Å²) in [6.45, 7) is 0. The first-order chi connectivity index (χ1) is 6.80. The Hall–Kier alpha value is -0.110. The van der Waals surface area contributed by atoms with E-state index in [0.29, 0.717) is 12.8 Å². The SMILES string of the molecule is [O]C1CCCCCCCCCCC1F. The minimum absolute atomic E-state index is 0.494. The maximum Gasteiger partial charge on any atom is 0.129 e. The van der Waals surface area contributed by atoms with Gasteiger partial charge in [0.05, 0.1) is 0 Å². The lowest BCUT2D eigenvalue weighted by molar-refractivity contribution is 0.00538. The molecule has 2 heteroatoms. The number of halogens is 1. The van der Waals surface area contributed by atoms with E-state index in [9.17, 15) is 9.50 Å². The first-order valence-electron chi connectivity index (χ1n) is 6.10. The second-order valence-electron chi connectivity index (χ2n) is 4.46. The van der Waals surface area contributed by atoms with Crippen LogP contribution in [0.2, 0.25) is 0 Å². The molecule has 1 aliphatic carbocycles. The smallest absolute Gasteiger partial charge is 0.129 e. The van der Waals surface area contributed by atoms with Crippen LogP contribution >= 0.6 is 0 Å². The van der Waals surface area contributed by atoms with Gasteiger partial charge < -0.3 is 0 Å². The predicted molar refractivity (Wildman–Crippen MR) is 55.5 cm³/mol. The lowest BCUT2D eigenvalue weighted by Crippen LogP contribution is -2.20. The minimum Gasteiger partial charge on any atom is -0.244 e. The molecule has 0 bridgehead atoms. The Morgan fingerprint density at radius 2 is 1.14 bits per heavy atom.